The second-order valence-electron chi connectivity index (χ2n) is 8.03. The molecule has 1 heterocycles. The smallest absolute Gasteiger partial charge is 0.363 e. The highest BCUT2D eigenvalue weighted by atomic mass is 16.6. The van der Waals surface area contributed by atoms with E-state index in [4.69, 9.17) is 14.2 Å². The van der Waals surface area contributed by atoms with E-state index in [1.807, 2.05) is 67.6 Å². The van der Waals surface area contributed by atoms with Crippen LogP contribution in [0.5, 0.6) is 11.5 Å². The molecule has 172 valence electrons. The second-order valence-corrected chi connectivity index (χ2v) is 8.03. The van der Waals surface area contributed by atoms with Crippen molar-refractivity contribution in [3.05, 3.63) is 113 Å². The molecule has 0 saturated carbocycles. The summed E-state index contributed by atoms with van der Waals surface area (Å²) >= 11 is 0. The van der Waals surface area contributed by atoms with Crippen molar-refractivity contribution in [2.45, 2.75) is 6.92 Å². The van der Waals surface area contributed by atoms with Crippen molar-refractivity contribution in [1.29, 1.82) is 0 Å². The Labute approximate surface area is 202 Å². The zero-order valence-electron chi connectivity index (χ0n) is 19.1. The molecule has 0 fully saturated rings. The maximum absolute atomic E-state index is 13.0. The molecule has 0 amide bonds. The van der Waals surface area contributed by atoms with Gasteiger partial charge >= 0.3 is 11.9 Å². The average molecular weight is 463 g/mol. The number of esters is 2. The van der Waals surface area contributed by atoms with E-state index in [0.717, 1.165) is 16.3 Å². The van der Waals surface area contributed by atoms with E-state index in [1.54, 1.807) is 30.3 Å². The molecule has 5 rings (SSSR count). The lowest BCUT2D eigenvalue weighted by molar-refractivity contribution is -0.129. The number of methoxy groups -OCH3 is 1. The van der Waals surface area contributed by atoms with Crippen molar-refractivity contribution in [1.82, 2.24) is 0 Å². The lowest BCUT2D eigenvalue weighted by Crippen LogP contribution is -2.10. The molecule has 4 aromatic rings. The molecule has 35 heavy (non-hydrogen) atoms. The normalized spacial score (nSPS) is 14.1. The molecule has 6 nitrogen and oxygen atoms in total. The van der Waals surface area contributed by atoms with Crippen LogP contribution in [0.1, 0.15) is 27.0 Å². The summed E-state index contributed by atoms with van der Waals surface area (Å²) in [6.07, 6.45) is 1.58. The first-order chi connectivity index (χ1) is 17.0. The van der Waals surface area contributed by atoms with Crippen LogP contribution in [0.3, 0.4) is 0 Å². The molecule has 4 aromatic carbocycles. The summed E-state index contributed by atoms with van der Waals surface area (Å²) in [5.41, 5.74) is 3.01. The Morgan fingerprint density at radius 3 is 2.49 bits per heavy atom. The van der Waals surface area contributed by atoms with Gasteiger partial charge in [0, 0.05) is 5.56 Å². The van der Waals surface area contributed by atoms with Gasteiger partial charge in [-0.05, 0) is 59.7 Å². The van der Waals surface area contributed by atoms with Gasteiger partial charge in [-0.3, -0.25) is 0 Å². The summed E-state index contributed by atoms with van der Waals surface area (Å²) in [5, 5.41) is 1.73. The Bertz CT molecular complexity index is 1510. The van der Waals surface area contributed by atoms with Crippen LogP contribution in [0.15, 0.2) is 95.6 Å². The van der Waals surface area contributed by atoms with Gasteiger partial charge in [0.15, 0.2) is 17.2 Å². The molecule has 0 aromatic heterocycles. The Morgan fingerprint density at radius 2 is 1.69 bits per heavy atom. The summed E-state index contributed by atoms with van der Waals surface area (Å²) in [7, 11) is 1.50. The topological polar surface area (TPSA) is 74.2 Å². The number of hydrogen-bond acceptors (Lipinski definition) is 6. The number of fused-ring (bicyclic) bond motifs is 1. The maximum atomic E-state index is 13.0. The Morgan fingerprint density at radius 1 is 0.914 bits per heavy atom. The molecular weight excluding hydrogens is 442 g/mol. The van der Waals surface area contributed by atoms with Crippen LogP contribution in [-0.2, 0) is 9.53 Å². The highest BCUT2D eigenvalue weighted by Gasteiger charge is 2.24. The van der Waals surface area contributed by atoms with Gasteiger partial charge in [0.05, 0.1) is 12.7 Å². The fourth-order valence-electron chi connectivity index (χ4n) is 3.81. The van der Waals surface area contributed by atoms with Crippen molar-refractivity contribution >= 4 is 34.7 Å². The van der Waals surface area contributed by atoms with E-state index in [0.29, 0.717) is 22.4 Å². The third kappa shape index (κ3) is 4.54. The Balaban J connectivity index is 1.45. The number of aliphatic imine (C=N–C) groups is 1. The van der Waals surface area contributed by atoms with E-state index in [-0.39, 0.29) is 17.3 Å². The number of rotatable bonds is 5. The standard InChI is InChI=1S/C29H21NO5/c1-18-10-13-21(14-11-18)27-30-24(29(32)35-27)16-19-12-15-25(33-2)26(17-19)34-28(31)23-9-5-7-20-6-3-4-8-22(20)23/h3-17H,1-2H3. The molecule has 0 bridgehead atoms. The van der Waals surface area contributed by atoms with Crippen LogP contribution >= 0.6 is 0 Å². The van der Waals surface area contributed by atoms with E-state index < -0.39 is 11.9 Å². The zero-order valence-corrected chi connectivity index (χ0v) is 19.1. The van der Waals surface area contributed by atoms with Crippen LogP contribution in [0, 0.1) is 6.92 Å². The van der Waals surface area contributed by atoms with Gasteiger partial charge in [0.1, 0.15) is 0 Å². The first kappa shape index (κ1) is 22.1. The van der Waals surface area contributed by atoms with Crippen molar-refractivity contribution in [3.63, 3.8) is 0 Å². The SMILES string of the molecule is COc1ccc(C=C2N=C(c3ccc(C)cc3)OC2=O)cc1OC(=O)c1cccc2ccccc12. The maximum Gasteiger partial charge on any atom is 0.363 e. The van der Waals surface area contributed by atoms with Crippen molar-refractivity contribution < 1.29 is 23.8 Å². The largest absolute Gasteiger partial charge is 0.493 e. The van der Waals surface area contributed by atoms with Crippen molar-refractivity contribution in [2.75, 3.05) is 7.11 Å². The minimum absolute atomic E-state index is 0.150. The summed E-state index contributed by atoms with van der Waals surface area (Å²) < 4.78 is 16.4. The summed E-state index contributed by atoms with van der Waals surface area (Å²) in [5.74, 6) is -0.194. The molecule has 0 unspecified atom stereocenters. The minimum atomic E-state index is -0.550. The average Bonchev–Trinajstić information content (AvgIpc) is 3.24. The summed E-state index contributed by atoms with van der Waals surface area (Å²) in [4.78, 5) is 29.8. The van der Waals surface area contributed by atoms with E-state index in [2.05, 4.69) is 4.99 Å². The van der Waals surface area contributed by atoms with E-state index in [9.17, 15) is 9.59 Å². The highest BCUT2D eigenvalue weighted by molar-refractivity contribution is 6.13. The molecule has 0 spiro atoms. The van der Waals surface area contributed by atoms with Crippen LogP contribution in [-0.4, -0.2) is 24.9 Å². The summed E-state index contributed by atoms with van der Waals surface area (Å²) in [6, 6.07) is 25.7. The first-order valence-electron chi connectivity index (χ1n) is 11.0. The number of carbonyl (C=O) groups excluding carboxylic acids is 2. The van der Waals surface area contributed by atoms with Crippen molar-refractivity contribution in [3.8, 4) is 11.5 Å². The third-order valence-electron chi connectivity index (χ3n) is 5.62. The molecule has 1 aliphatic rings. The molecule has 0 atom stereocenters. The van der Waals surface area contributed by atoms with Gasteiger partial charge in [-0.15, -0.1) is 0 Å². The number of nitrogens with zero attached hydrogens (tertiary/aromatic N) is 1. The van der Waals surface area contributed by atoms with Crippen LogP contribution in [0.2, 0.25) is 0 Å². The quantitative estimate of drug-likeness (QED) is 0.215. The number of cyclic esters (lactones) is 1. The molecule has 0 aliphatic carbocycles. The fraction of sp³-hybridized carbons (Fsp3) is 0.0690. The Kier molecular flexibility index (Phi) is 5.85. The zero-order chi connectivity index (χ0) is 24.4. The monoisotopic (exact) mass is 463 g/mol. The van der Waals surface area contributed by atoms with Gasteiger partial charge in [-0.1, -0.05) is 60.2 Å². The number of benzene rings is 4. The third-order valence-corrected chi connectivity index (χ3v) is 5.62. The van der Waals surface area contributed by atoms with Gasteiger partial charge < -0.3 is 14.2 Å². The molecule has 1 aliphatic heterocycles. The molecule has 0 N–H and O–H groups in total. The highest BCUT2D eigenvalue weighted by Crippen LogP contribution is 2.31. The molecular formula is C29H21NO5. The number of carbonyl (C=O) groups is 2. The number of hydrogen-bond donors (Lipinski definition) is 0. The molecule has 0 saturated heterocycles. The molecule has 0 radical (unpaired) electrons. The second kappa shape index (κ2) is 9.27. The van der Waals surface area contributed by atoms with Crippen LogP contribution in [0.4, 0.5) is 0 Å². The first-order valence-corrected chi connectivity index (χ1v) is 11.0. The van der Waals surface area contributed by atoms with Gasteiger partial charge in [-0.2, -0.15) is 0 Å². The fourth-order valence-corrected chi connectivity index (χ4v) is 3.81. The van der Waals surface area contributed by atoms with Crippen LogP contribution < -0.4 is 9.47 Å². The van der Waals surface area contributed by atoms with E-state index in [1.165, 1.54) is 7.11 Å². The van der Waals surface area contributed by atoms with E-state index >= 15 is 0 Å². The lowest BCUT2D eigenvalue weighted by atomic mass is 10.0. The lowest BCUT2D eigenvalue weighted by Gasteiger charge is -2.11. The van der Waals surface area contributed by atoms with Gasteiger partial charge in [-0.25, -0.2) is 14.6 Å². The Hall–Kier alpha value is -4.71. The van der Waals surface area contributed by atoms with Gasteiger partial charge in [0.25, 0.3) is 0 Å². The predicted octanol–water partition coefficient (Wildman–Crippen LogP) is 5.72. The predicted molar refractivity (Wildman–Crippen MR) is 134 cm³/mol. The molecule has 6 heteroatoms. The van der Waals surface area contributed by atoms with Crippen molar-refractivity contribution in [2.24, 2.45) is 4.99 Å². The number of aryl methyl sites for hydroxylation is 1. The minimum Gasteiger partial charge on any atom is -0.493 e. The summed E-state index contributed by atoms with van der Waals surface area (Å²) in [6.45, 7) is 1.98. The number of ether oxygens (including phenoxy) is 3. The van der Waals surface area contributed by atoms with Crippen LogP contribution in [0.25, 0.3) is 16.8 Å². The van der Waals surface area contributed by atoms with Gasteiger partial charge in [0.2, 0.25) is 5.90 Å².